The van der Waals surface area contributed by atoms with Crippen LogP contribution in [0.15, 0.2) is 30.4 Å². The normalized spacial score (nSPS) is 20.9. The monoisotopic (exact) mass is 245 g/mol. The van der Waals surface area contributed by atoms with Crippen LogP contribution >= 0.6 is 0 Å². The average molecular weight is 245 g/mol. The van der Waals surface area contributed by atoms with E-state index in [4.69, 9.17) is 0 Å². The van der Waals surface area contributed by atoms with Gasteiger partial charge in [-0.3, -0.25) is 0 Å². The van der Waals surface area contributed by atoms with Crippen molar-refractivity contribution in [1.82, 2.24) is 5.32 Å². The highest BCUT2D eigenvalue weighted by molar-refractivity contribution is 5.37. The number of phenols is 1. The van der Waals surface area contributed by atoms with Crippen LogP contribution < -0.4 is 5.32 Å². The zero-order valence-electron chi connectivity index (χ0n) is 11.3. The molecule has 18 heavy (non-hydrogen) atoms. The van der Waals surface area contributed by atoms with E-state index in [1.165, 1.54) is 24.8 Å². The van der Waals surface area contributed by atoms with Gasteiger partial charge in [0, 0.05) is 11.6 Å². The molecule has 2 unspecified atom stereocenters. The summed E-state index contributed by atoms with van der Waals surface area (Å²) < 4.78 is 0. The molecule has 0 saturated heterocycles. The van der Waals surface area contributed by atoms with Crippen LogP contribution in [0.4, 0.5) is 0 Å². The number of hydrogen-bond acceptors (Lipinski definition) is 2. The maximum Gasteiger partial charge on any atom is 0.120 e. The van der Waals surface area contributed by atoms with Crippen LogP contribution in [-0.2, 0) is 0 Å². The third-order valence-electron chi connectivity index (χ3n) is 3.74. The first-order chi connectivity index (χ1) is 8.66. The maximum absolute atomic E-state index is 9.89. The Labute approximate surface area is 110 Å². The summed E-state index contributed by atoms with van der Waals surface area (Å²) in [7, 11) is 0. The van der Waals surface area contributed by atoms with Crippen molar-refractivity contribution in [3.05, 3.63) is 41.5 Å². The van der Waals surface area contributed by atoms with Crippen molar-refractivity contribution in [2.45, 2.75) is 39.2 Å². The van der Waals surface area contributed by atoms with Crippen molar-refractivity contribution in [2.24, 2.45) is 5.92 Å². The lowest BCUT2D eigenvalue weighted by Gasteiger charge is -2.22. The SMILES string of the molecule is Cc1ccc(O)c(C(C)NCC2CC=CCC2)c1. The van der Waals surface area contributed by atoms with Crippen LogP contribution in [0.25, 0.3) is 0 Å². The fraction of sp³-hybridized carbons (Fsp3) is 0.500. The first-order valence-corrected chi connectivity index (χ1v) is 6.84. The van der Waals surface area contributed by atoms with Crippen molar-refractivity contribution in [3.8, 4) is 5.75 Å². The molecule has 0 radical (unpaired) electrons. The smallest absolute Gasteiger partial charge is 0.120 e. The average Bonchev–Trinajstić information content (AvgIpc) is 2.40. The van der Waals surface area contributed by atoms with E-state index in [1.807, 2.05) is 6.07 Å². The lowest BCUT2D eigenvalue weighted by Crippen LogP contribution is -2.26. The van der Waals surface area contributed by atoms with Crippen LogP contribution in [0.5, 0.6) is 5.75 Å². The van der Waals surface area contributed by atoms with E-state index < -0.39 is 0 Å². The molecule has 0 aliphatic heterocycles. The molecule has 1 aromatic carbocycles. The maximum atomic E-state index is 9.89. The Kier molecular flexibility index (Phi) is 4.43. The second kappa shape index (κ2) is 6.05. The second-order valence-electron chi connectivity index (χ2n) is 5.34. The summed E-state index contributed by atoms with van der Waals surface area (Å²) in [5.41, 5.74) is 2.19. The molecule has 1 aromatic rings. The molecule has 2 nitrogen and oxygen atoms in total. The van der Waals surface area contributed by atoms with Crippen LogP contribution in [0.1, 0.15) is 43.4 Å². The zero-order valence-corrected chi connectivity index (χ0v) is 11.3. The number of allylic oxidation sites excluding steroid dienone is 2. The van der Waals surface area contributed by atoms with E-state index in [9.17, 15) is 5.11 Å². The van der Waals surface area contributed by atoms with Gasteiger partial charge in [0.1, 0.15) is 5.75 Å². The lowest BCUT2D eigenvalue weighted by molar-refractivity contribution is 0.404. The summed E-state index contributed by atoms with van der Waals surface area (Å²) in [6.07, 6.45) is 8.21. The number of rotatable bonds is 4. The van der Waals surface area contributed by atoms with E-state index in [1.54, 1.807) is 6.07 Å². The molecule has 1 aliphatic rings. The minimum atomic E-state index is 0.204. The van der Waals surface area contributed by atoms with E-state index >= 15 is 0 Å². The highest BCUT2D eigenvalue weighted by Gasteiger charge is 2.14. The molecule has 2 rings (SSSR count). The van der Waals surface area contributed by atoms with Gasteiger partial charge in [-0.05, 0) is 51.6 Å². The van der Waals surface area contributed by atoms with E-state index in [2.05, 4.69) is 37.4 Å². The minimum absolute atomic E-state index is 0.204. The summed E-state index contributed by atoms with van der Waals surface area (Å²) >= 11 is 0. The molecular formula is C16H23NO. The van der Waals surface area contributed by atoms with Gasteiger partial charge < -0.3 is 10.4 Å². The van der Waals surface area contributed by atoms with E-state index in [-0.39, 0.29) is 6.04 Å². The molecule has 2 heteroatoms. The number of phenolic OH excluding ortho intramolecular Hbond substituents is 1. The topological polar surface area (TPSA) is 32.3 Å². The van der Waals surface area contributed by atoms with Crippen LogP contribution in [0.3, 0.4) is 0 Å². The number of hydrogen-bond donors (Lipinski definition) is 2. The van der Waals surface area contributed by atoms with Crippen LogP contribution in [0, 0.1) is 12.8 Å². The minimum Gasteiger partial charge on any atom is -0.508 e. The molecule has 1 aliphatic carbocycles. The third-order valence-corrected chi connectivity index (χ3v) is 3.74. The standard InChI is InChI=1S/C16H23NO/c1-12-8-9-16(18)15(10-12)13(2)17-11-14-6-4-3-5-7-14/h3-4,8-10,13-14,17-18H,5-7,11H2,1-2H3. The first-order valence-electron chi connectivity index (χ1n) is 6.84. The molecule has 0 spiro atoms. The molecule has 2 N–H and O–H groups in total. The van der Waals surface area contributed by atoms with Crippen molar-refractivity contribution in [1.29, 1.82) is 0 Å². The Balaban J connectivity index is 1.92. The molecule has 0 saturated carbocycles. The molecule has 0 fully saturated rings. The van der Waals surface area contributed by atoms with Crippen molar-refractivity contribution in [2.75, 3.05) is 6.54 Å². The summed E-state index contributed by atoms with van der Waals surface area (Å²) in [4.78, 5) is 0. The van der Waals surface area contributed by atoms with Gasteiger partial charge in [-0.2, -0.15) is 0 Å². The van der Waals surface area contributed by atoms with Gasteiger partial charge in [-0.25, -0.2) is 0 Å². The van der Waals surface area contributed by atoms with E-state index in [0.29, 0.717) is 5.75 Å². The summed E-state index contributed by atoms with van der Waals surface area (Å²) in [5.74, 6) is 1.13. The molecule has 0 bridgehead atoms. The summed E-state index contributed by atoms with van der Waals surface area (Å²) in [6.45, 7) is 5.20. The number of aryl methyl sites for hydroxylation is 1. The van der Waals surface area contributed by atoms with Gasteiger partial charge in [-0.1, -0.05) is 29.8 Å². The number of aromatic hydroxyl groups is 1. The van der Waals surface area contributed by atoms with E-state index in [0.717, 1.165) is 18.0 Å². The van der Waals surface area contributed by atoms with Crippen LogP contribution in [-0.4, -0.2) is 11.7 Å². The van der Waals surface area contributed by atoms with Gasteiger partial charge in [0.05, 0.1) is 0 Å². The quantitative estimate of drug-likeness (QED) is 0.793. The summed E-state index contributed by atoms with van der Waals surface area (Å²) in [5, 5.41) is 13.4. The second-order valence-corrected chi connectivity index (χ2v) is 5.34. The number of nitrogens with one attached hydrogen (secondary N) is 1. The zero-order chi connectivity index (χ0) is 13.0. The molecule has 0 heterocycles. The van der Waals surface area contributed by atoms with Gasteiger partial charge in [0.25, 0.3) is 0 Å². The fourth-order valence-electron chi connectivity index (χ4n) is 2.52. The molecule has 0 aromatic heterocycles. The van der Waals surface area contributed by atoms with Gasteiger partial charge in [0.15, 0.2) is 0 Å². The van der Waals surface area contributed by atoms with Crippen molar-refractivity contribution >= 4 is 0 Å². The molecule has 0 amide bonds. The molecule has 98 valence electrons. The fourth-order valence-corrected chi connectivity index (χ4v) is 2.52. The Bertz CT molecular complexity index is 425. The van der Waals surface area contributed by atoms with Crippen molar-refractivity contribution in [3.63, 3.8) is 0 Å². The Morgan fingerprint density at radius 2 is 2.22 bits per heavy atom. The number of benzene rings is 1. The van der Waals surface area contributed by atoms with Crippen molar-refractivity contribution < 1.29 is 5.11 Å². The summed E-state index contributed by atoms with van der Waals surface area (Å²) in [6, 6.07) is 5.99. The third kappa shape index (κ3) is 3.36. The predicted molar refractivity (Wildman–Crippen MR) is 75.7 cm³/mol. The Morgan fingerprint density at radius 3 is 2.94 bits per heavy atom. The highest BCUT2D eigenvalue weighted by atomic mass is 16.3. The predicted octanol–water partition coefficient (Wildman–Crippen LogP) is 3.71. The van der Waals surface area contributed by atoms with Gasteiger partial charge in [-0.15, -0.1) is 0 Å². The Morgan fingerprint density at radius 1 is 1.39 bits per heavy atom. The van der Waals surface area contributed by atoms with Crippen LogP contribution in [0.2, 0.25) is 0 Å². The largest absolute Gasteiger partial charge is 0.508 e. The lowest BCUT2D eigenvalue weighted by atomic mass is 9.94. The van der Waals surface area contributed by atoms with Gasteiger partial charge >= 0.3 is 0 Å². The molecule has 2 atom stereocenters. The Hall–Kier alpha value is -1.28. The first kappa shape index (κ1) is 13.2. The van der Waals surface area contributed by atoms with Gasteiger partial charge in [0.2, 0.25) is 0 Å². The highest BCUT2D eigenvalue weighted by Crippen LogP contribution is 2.25. The molecular weight excluding hydrogens is 222 g/mol.